The quantitative estimate of drug-likeness (QED) is 0.528. The Balaban J connectivity index is 0.000000250. The Kier molecular flexibility index (Phi) is 5.24. The number of nitrogen functional groups attached to an aromatic ring is 1. The first-order chi connectivity index (χ1) is 15.2. The Labute approximate surface area is 180 Å². The number of benzene rings is 2. The Morgan fingerprint density at radius 3 is 2.35 bits per heavy atom. The minimum Gasteiger partial charge on any atom is -0.368 e. The van der Waals surface area contributed by atoms with Gasteiger partial charge in [0.05, 0.1) is 17.4 Å². The highest BCUT2D eigenvalue weighted by Gasteiger charge is 2.38. The molecule has 2 N–H and O–H groups in total. The molecule has 6 rings (SSSR count). The first-order valence-corrected chi connectivity index (χ1v) is 10.7. The van der Waals surface area contributed by atoms with E-state index in [-0.39, 0.29) is 5.82 Å². The first-order valence-electron chi connectivity index (χ1n) is 10.7. The van der Waals surface area contributed by atoms with Gasteiger partial charge in [0.25, 0.3) is 0 Å². The molecular formula is C24H25FN6. The summed E-state index contributed by atoms with van der Waals surface area (Å²) in [7, 11) is 0. The number of fused-ring (bicyclic) bond motifs is 1. The molecule has 158 valence electrons. The zero-order chi connectivity index (χ0) is 21.2. The summed E-state index contributed by atoms with van der Waals surface area (Å²) in [6.07, 6.45) is 10.5. The summed E-state index contributed by atoms with van der Waals surface area (Å²) in [6.45, 7) is 1.17. The van der Waals surface area contributed by atoms with E-state index in [0.29, 0.717) is 5.95 Å². The molecule has 0 amide bonds. The number of hydrogen-bond acceptors (Lipinski definition) is 5. The molecular weight excluding hydrogens is 391 g/mol. The fourth-order valence-corrected chi connectivity index (χ4v) is 4.38. The monoisotopic (exact) mass is 416 g/mol. The highest BCUT2D eigenvalue weighted by atomic mass is 19.1. The van der Waals surface area contributed by atoms with Gasteiger partial charge in [-0.1, -0.05) is 0 Å². The second kappa shape index (κ2) is 8.34. The van der Waals surface area contributed by atoms with Crippen LogP contribution in [0.4, 0.5) is 16.0 Å². The Bertz CT molecular complexity index is 1150. The first kappa shape index (κ1) is 19.5. The van der Waals surface area contributed by atoms with Crippen molar-refractivity contribution in [2.24, 2.45) is 5.92 Å². The van der Waals surface area contributed by atoms with Crippen molar-refractivity contribution in [1.29, 1.82) is 0 Å². The van der Waals surface area contributed by atoms with Crippen molar-refractivity contribution in [2.45, 2.75) is 31.7 Å². The van der Waals surface area contributed by atoms with Crippen LogP contribution in [0.3, 0.4) is 0 Å². The molecule has 2 aromatic carbocycles. The van der Waals surface area contributed by atoms with Crippen molar-refractivity contribution in [2.75, 3.05) is 17.2 Å². The molecule has 0 spiro atoms. The second-order valence-electron chi connectivity index (χ2n) is 8.12. The largest absolute Gasteiger partial charge is 0.368 e. The smallest absolute Gasteiger partial charge is 0.219 e. The summed E-state index contributed by atoms with van der Waals surface area (Å²) < 4.78 is 15.0. The lowest BCUT2D eigenvalue weighted by Gasteiger charge is -2.27. The molecule has 6 nitrogen and oxygen atoms in total. The van der Waals surface area contributed by atoms with Gasteiger partial charge >= 0.3 is 0 Å². The van der Waals surface area contributed by atoms with Crippen LogP contribution >= 0.6 is 0 Å². The maximum atomic E-state index is 13.1. The molecule has 7 heteroatoms. The van der Waals surface area contributed by atoms with Crippen molar-refractivity contribution in [3.8, 4) is 5.69 Å². The van der Waals surface area contributed by atoms with E-state index in [0.717, 1.165) is 28.6 Å². The lowest BCUT2D eigenvalue weighted by molar-refractivity contribution is 0.592. The number of nitrogens with zero attached hydrogens (tertiary/aromatic N) is 5. The molecule has 1 saturated heterocycles. The van der Waals surface area contributed by atoms with Gasteiger partial charge in [-0.3, -0.25) is 0 Å². The van der Waals surface area contributed by atoms with Crippen LogP contribution in [-0.2, 0) is 0 Å². The van der Waals surface area contributed by atoms with E-state index in [4.69, 9.17) is 5.73 Å². The van der Waals surface area contributed by atoms with E-state index in [1.165, 1.54) is 50.0 Å². The predicted molar refractivity (Wildman–Crippen MR) is 121 cm³/mol. The number of nitrogens with two attached hydrogens (primary N) is 1. The molecule has 4 aromatic rings. The number of rotatable bonds is 3. The molecule has 1 aliphatic carbocycles. The molecule has 2 fully saturated rings. The average molecular weight is 417 g/mol. The van der Waals surface area contributed by atoms with Crippen LogP contribution in [0.5, 0.6) is 0 Å². The average Bonchev–Trinajstić information content (AvgIpc) is 3.36. The molecule has 2 aromatic heterocycles. The summed E-state index contributed by atoms with van der Waals surface area (Å²) in [5, 5.41) is 5.64. The minimum atomic E-state index is -0.224. The highest BCUT2D eigenvalue weighted by Crippen LogP contribution is 2.42. The standard InChI is InChI=1S/C20H20FN3.C4H5N3/c21-16-5-7-17(8-6-16)24-20-10-9-18(12-15(20)13-22-24)23-11-1-2-19(23)14-3-4-14;5-4-6-2-1-3-7-4/h5-10,12-14,19H,1-4,11H2;1-3H,(H2,5,6,7). The molecule has 0 bridgehead atoms. The van der Waals surface area contributed by atoms with Crippen molar-refractivity contribution >= 4 is 22.5 Å². The van der Waals surface area contributed by atoms with Crippen molar-refractivity contribution in [1.82, 2.24) is 19.7 Å². The van der Waals surface area contributed by atoms with Gasteiger partial charge in [0.15, 0.2) is 0 Å². The van der Waals surface area contributed by atoms with Crippen molar-refractivity contribution in [3.63, 3.8) is 0 Å². The van der Waals surface area contributed by atoms with Gasteiger partial charge in [0, 0.05) is 36.1 Å². The van der Waals surface area contributed by atoms with Crippen molar-refractivity contribution in [3.05, 3.63) is 72.9 Å². The fourth-order valence-electron chi connectivity index (χ4n) is 4.38. The van der Waals surface area contributed by atoms with Crippen LogP contribution in [0.15, 0.2) is 67.1 Å². The Morgan fingerprint density at radius 1 is 0.935 bits per heavy atom. The van der Waals surface area contributed by atoms with E-state index in [1.54, 1.807) is 30.6 Å². The summed E-state index contributed by atoms with van der Waals surface area (Å²) in [6, 6.07) is 15.5. The van der Waals surface area contributed by atoms with Crippen LogP contribution < -0.4 is 10.6 Å². The molecule has 0 radical (unpaired) electrons. The van der Waals surface area contributed by atoms with Crippen LogP contribution in [0.1, 0.15) is 25.7 Å². The van der Waals surface area contributed by atoms with Gasteiger partial charge in [0.2, 0.25) is 5.95 Å². The van der Waals surface area contributed by atoms with Crippen LogP contribution in [0.25, 0.3) is 16.6 Å². The Hall–Kier alpha value is -3.48. The van der Waals surface area contributed by atoms with Crippen molar-refractivity contribution < 1.29 is 4.39 Å². The summed E-state index contributed by atoms with van der Waals surface area (Å²) in [5.74, 6) is 1.00. The molecule has 1 saturated carbocycles. The lowest BCUT2D eigenvalue weighted by atomic mass is 10.1. The molecule has 3 heterocycles. The minimum absolute atomic E-state index is 0.224. The molecule has 31 heavy (non-hydrogen) atoms. The third-order valence-electron chi connectivity index (χ3n) is 6.01. The molecule has 1 atom stereocenters. The number of aromatic nitrogens is 4. The summed E-state index contributed by atoms with van der Waals surface area (Å²) in [4.78, 5) is 9.88. The Morgan fingerprint density at radius 2 is 1.68 bits per heavy atom. The third-order valence-corrected chi connectivity index (χ3v) is 6.01. The van der Waals surface area contributed by atoms with Crippen LogP contribution in [-0.4, -0.2) is 32.3 Å². The number of anilines is 2. The van der Waals surface area contributed by atoms with Gasteiger partial charge in [-0.2, -0.15) is 5.10 Å². The molecule has 2 aliphatic rings. The van der Waals surface area contributed by atoms with Gasteiger partial charge in [-0.15, -0.1) is 0 Å². The predicted octanol–water partition coefficient (Wildman–Crippen LogP) is 4.60. The SMILES string of the molecule is Fc1ccc(-n2ncc3cc(N4CCCC4C4CC4)ccc32)cc1.Nc1ncccn1. The normalized spacial score (nSPS) is 18.1. The zero-order valence-corrected chi connectivity index (χ0v) is 17.2. The van der Waals surface area contributed by atoms with E-state index >= 15 is 0 Å². The van der Waals surface area contributed by atoms with E-state index in [2.05, 4.69) is 38.2 Å². The van der Waals surface area contributed by atoms with E-state index in [1.807, 2.05) is 10.9 Å². The van der Waals surface area contributed by atoms with Gasteiger partial charge < -0.3 is 10.6 Å². The summed E-state index contributed by atoms with van der Waals surface area (Å²) >= 11 is 0. The maximum Gasteiger partial charge on any atom is 0.219 e. The fraction of sp³-hybridized carbons (Fsp3) is 0.292. The molecule has 1 unspecified atom stereocenters. The highest BCUT2D eigenvalue weighted by molar-refractivity contribution is 5.84. The third kappa shape index (κ3) is 4.21. The van der Waals surface area contributed by atoms with E-state index in [9.17, 15) is 4.39 Å². The number of hydrogen-bond donors (Lipinski definition) is 1. The lowest BCUT2D eigenvalue weighted by Crippen LogP contribution is -2.30. The summed E-state index contributed by atoms with van der Waals surface area (Å²) in [5.41, 5.74) is 8.40. The number of halogens is 1. The topological polar surface area (TPSA) is 72.9 Å². The van der Waals surface area contributed by atoms with Gasteiger partial charge in [0.1, 0.15) is 5.82 Å². The second-order valence-corrected chi connectivity index (χ2v) is 8.12. The van der Waals surface area contributed by atoms with Gasteiger partial charge in [-0.25, -0.2) is 19.0 Å². The van der Waals surface area contributed by atoms with E-state index < -0.39 is 0 Å². The maximum absolute atomic E-state index is 13.1. The van der Waals surface area contributed by atoms with Gasteiger partial charge in [-0.05, 0) is 80.1 Å². The molecule has 1 aliphatic heterocycles. The zero-order valence-electron chi connectivity index (χ0n) is 17.2. The van der Waals surface area contributed by atoms with Crippen LogP contribution in [0, 0.1) is 11.7 Å². The van der Waals surface area contributed by atoms with Crippen LogP contribution in [0.2, 0.25) is 0 Å².